The largest absolute Gasteiger partial charge is 0.472 e. The number of esters is 3. The Kier molecular flexibility index (Phi) is 52.5. The van der Waals surface area contributed by atoms with Gasteiger partial charge in [-0.3, -0.25) is 23.4 Å². The quantitative estimate of drug-likeness (QED) is 0.0197. The van der Waals surface area contributed by atoms with Gasteiger partial charge in [0.1, 0.15) is 12.7 Å². The summed E-state index contributed by atoms with van der Waals surface area (Å²) < 4.78 is 39.3. The van der Waals surface area contributed by atoms with E-state index < -0.39 is 57.8 Å². The molecule has 0 aromatic heterocycles. The van der Waals surface area contributed by atoms with E-state index in [0.29, 0.717) is 19.3 Å². The van der Waals surface area contributed by atoms with Crippen LogP contribution in [0.25, 0.3) is 0 Å². The highest BCUT2D eigenvalue weighted by atomic mass is 31.2. The van der Waals surface area contributed by atoms with Crippen molar-refractivity contribution < 1.29 is 52.2 Å². The smallest absolute Gasteiger partial charge is 0.462 e. The molecule has 0 aliphatic heterocycles. The average molecular weight is 1060 g/mol. The molecule has 0 spiro atoms. The molecule has 0 radical (unpaired) electrons. The fourth-order valence-corrected chi connectivity index (χ4v) is 8.21. The zero-order valence-electron chi connectivity index (χ0n) is 46.5. The Morgan fingerprint density at radius 2 is 0.757 bits per heavy atom. The fourth-order valence-electron chi connectivity index (χ4n) is 7.42. The number of hydrogen-bond donors (Lipinski definition) is 2. The summed E-state index contributed by atoms with van der Waals surface area (Å²) in [5, 5.41) is 9.80. The van der Waals surface area contributed by atoms with Crippen LogP contribution in [0.2, 0.25) is 0 Å². The zero-order chi connectivity index (χ0) is 54.1. The van der Waals surface area contributed by atoms with Gasteiger partial charge in [0, 0.05) is 12.8 Å². The second-order valence-electron chi connectivity index (χ2n) is 18.7. The van der Waals surface area contributed by atoms with E-state index in [0.717, 1.165) is 83.5 Å². The van der Waals surface area contributed by atoms with E-state index in [-0.39, 0.29) is 25.9 Å². The number of hydrogen-bond acceptors (Lipinski definition) is 10. The number of allylic oxidation sites excluding steroid dienone is 17. The van der Waals surface area contributed by atoms with Crippen LogP contribution in [0, 0.1) is 0 Å². The molecule has 0 fully saturated rings. The molecule has 3 atom stereocenters. The van der Waals surface area contributed by atoms with Crippen molar-refractivity contribution in [3.8, 4) is 0 Å². The van der Waals surface area contributed by atoms with Crippen LogP contribution in [0.5, 0.6) is 0 Å². The molecule has 11 nitrogen and oxygen atoms in total. The maximum atomic E-state index is 12.9. The summed E-state index contributed by atoms with van der Waals surface area (Å²) >= 11 is 0. The van der Waals surface area contributed by atoms with Gasteiger partial charge in [0.05, 0.1) is 26.2 Å². The third-order valence-electron chi connectivity index (χ3n) is 11.7. The molecule has 0 saturated carbocycles. The predicted octanol–water partition coefficient (Wildman–Crippen LogP) is 17.0. The number of carbonyl (C=O) groups excluding carboxylic acids is 3. The van der Waals surface area contributed by atoms with Gasteiger partial charge in [0.2, 0.25) is 0 Å². The number of unbranched alkanes of at least 4 members (excludes halogenated alkanes) is 18. The maximum absolute atomic E-state index is 12.9. The summed E-state index contributed by atoms with van der Waals surface area (Å²) in [6.07, 6.45) is 66.6. The van der Waals surface area contributed by atoms with Gasteiger partial charge in [-0.25, -0.2) is 4.57 Å². The highest BCUT2D eigenvalue weighted by Crippen LogP contribution is 2.43. The topological polar surface area (TPSA) is 155 Å². The zero-order valence-corrected chi connectivity index (χ0v) is 47.4. The summed E-state index contributed by atoms with van der Waals surface area (Å²) in [5.74, 6) is -1.66. The molecule has 0 aliphatic carbocycles. The third kappa shape index (κ3) is 53.0. The highest BCUT2D eigenvalue weighted by Gasteiger charge is 2.28. The third-order valence-corrected chi connectivity index (χ3v) is 12.7. The number of aliphatic hydroxyl groups excluding tert-OH is 1. The van der Waals surface area contributed by atoms with E-state index in [1.165, 1.54) is 83.5 Å². The van der Waals surface area contributed by atoms with Gasteiger partial charge in [-0.1, -0.05) is 233 Å². The summed E-state index contributed by atoms with van der Waals surface area (Å²) in [4.78, 5) is 48.4. The minimum Gasteiger partial charge on any atom is -0.462 e. The van der Waals surface area contributed by atoms with Gasteiger partial charge >= 0.3 is 25.7 Å². The molecule has 0 aromatic carbocycles. The molecule has 0 rings (SSSR count). The summed E-state index contributed by atoms with van der Waals surface area (Å²) in [5.41, 5.74) is 0. The first-order valence-electron chi connectivity index (χ1n) is 28.8. The van der Waals surface area contributed by atoms with Crippen molar-refractivity contribution >= 4 is 25.7 Å². The molecule has 3 unspecified atom stereocenters. The number of phosphoric ester groups is 1. The van der Waals surface area contributed by atoms with Crippen LogP contribution >= 0.6 is 7.82 Å². The van der Waals surface area contributed by atoms with Crippen molar-refractivity contribution in [3.63, 3.8) is 0 Å². The van der Waals surface area contributed by atoms with E-state index in [1.54, 1.807) is 6.08 Å². The Balaban J connectivity index is 4.85. The van der Waals surface area contributed by atoms with Crippen molar-refractivity contribution in [1.29, 1.82) is 0 Å². The van der Waals surface area contributed by atoms with Crippen molar-refractivity contribution in [2.24, 2.45) is 0 Å². The van der Waals surface area contributed by atoms with Crippen LogP contribution in [0.3, 0.4) is 0 Å². The number of aliphatic hydroxyl groups is 1. The first kappa shape index (κ1) is 70.1. The van der Waals surface area contributed by atoms with Crippen LogP contribution in [0.1, 0.15) is 226 Å². The van der Waals surface area contributed by atoms with Gasteiger partial charge in [-0.15, -0.1) is 0 Å². The summed E-state index contributed by atoms with van der Waals surface area (Å²) in [6, 6.07) is 0. The molecule has 0 aromatic rings. The summed E-state index contributed by atoms with van der Waals surface area (Å²) in [6.45, 7) is 4.26. The standard InChI is InChI=1S/C62H103O11P/c1-4-7-10-13-16-19-22-25-28-29-32-33-36-39-42-45-48-51-60(64)69-55-59(73-62(66)53-50-47-44-41-38-35-31-27-24-21-18-15-12-9-6-3)57-71-74(67,68)70-56-58(54-63)72-61(65)52-49-46-43-40-37-34-30-26-23-20-17-14-11-8-5-2/h8-9,11-12,17-18,20-21,26-27,30-31,37-38,40-41,47,50,58-59,63H,4-7,10,13-16,19,22-25,28-29,32-36,39,42-46,48-49,51-57H2,1-3H3,(H,67,68)/b11-8-,12-9-,20-17-,21-18-,30-26-,31-27-,40-37-,41-38-,50-47-. The SMILES string of the molecule is CC/C=C\C/C=C\C/C=C\C/C=C\C/C=C\CC(=O)OC(COC(=O)CCCCCCCCCCCCCCCCCCC)COP(=O)(O)OCC(CO)OC(=O)CCCC/C=C\C/C=C\C/C=C\C/C=C\CC. The second-order valence-corrected chi connectivity index (χ2v) is 20.2. The van der Waals surface area contributed by atoms with Crippen molar-refractivity contribution in [1.82, 2.24) is 0 Å². The lowest BCUT2D eigenvalue weighted by atomic mass is 10.0. The number of carbonyl (C=O) groups is 3. The van der Waals surface area contributed by atoms with Gasteiger partial charge < -0.3 is 24.2 Å². The van der Waals surface area contributed by atoms with E-state index in [4.69, 9.17) is 23.3 Å². The van der Waals surface area contributed by atoms with Crippen LogP contribution in [-0.4, -0.2) is 66.5 Å². The minimum absolute atomic E-state index is 0.0709. The monoisotopic (exact) mass is 1050 g/mol. The van der Waals surface area contributed by atoms with Crippen LogP contribution in [-0.2, 0) is 42.2 Å². The van der Waals surface area contributed by atoms with E-state index in [9.17, 15) is 28.9 Å². The van der Waals surface area contributed by atoms with Crippen LogP contribution in [0.15, 0.2) is 109 Å². The Morgan fingerprint density at radius 1 is 0.405 bits per heavy atom. The molecular formula is C62H103O11P. The Bertz CT molecular complexity index is 1660. The number of phosphoric acid groups is 1. The highest BCUT2D eigenvalue weighted by molar-refractivity contribution is 7.47. The molecule has 0 saturated heterocycles. The van der Waals surface area contributed by atoms with E-state index in [2.05, 4.69) is 106 Å². The molecule has 0 bridgehead atoms. The van der Waals surface area contributed by atoms with E-state index >= 15 is 0 Å². The van der Waals surface area contributed by atoms with Crippen LogP contribution < -0.4 is 0 Å². The first-order chi connectivity index (χ1) is 36.2. The maximum Gasteiger partial charge on any atom is 0.472 e. The molecule has 0 amide bonds. The molecule has 2 N–H and O–H groups in total. The van der Waals surface area contributed by atoms with Gasteiger partial charge in [-0.05, 0) is 83.5 Å². The lowest BCUT2D eigenvalue weighted by Gasteiger charge is -2.21. The molecule has 12 heteroatoms. The van der Waals surface area contributed by atoms with Crippen molar-refractivity contribution in [2.75, 3.05) is 26.4 Å². The fraction of sp³-hybridized carbons (Fsp3) is 0.661. The lowest BCUT2D eigenvalue weighted by molar-refractivity contribution is -0.160. The first-order valence-corrected chi connectivity index (χ1v) is 30.3. The van der Waals surface area contributed by atoms with Crippen molar-refractivity contribution in [2.45, 2.75) is 238 Å². The van der Waals surface area contributed by atoms with Crippen LogP contribution in [0.4, 0.5) is 0 Å². The molecule has 74 heavy (non-hydrogen) atoms. The van der Waals surface area contributed by atoms with Gasteiger partial charge in [0.15, 0.2) is 6.10 Å². The number of rotatable bonds is 52. The minimum atomic E-state index is -4.79. The molecule has 0 heterocycles. The second kappa shape index (κ2) is 55.4. The Labute approximate surface area is 450 Å². The molecule has 0 aliphatic rings. The van der Waals surface area contributed by atoms with Gasteiger partial charge in [0.25, 0.3) is 0 Å². The molecular weight excluding hydrogens is 952 g/mol. The Morgan fingerprint density at radius 3 is 1.19 bits per heavy atom. The van der Waals surface area contributed by atoms with Gasteiger partial charge in [-0.2, -0.15) is 0 Å². The van der Waals surface area contributed by atoms with E-state index in [1.807, 2.05) is 18.2 Å². The Hall–Kier alpha value is -3.86. The lowest BCUT2D eigenvalue weighted by Crippen LogP contribution is -2.30. The summed E-state index contributed by atoms with van der Waals surface area (Å²) in [7, 11) is -4.79. The predicted molar refractivity (Wildman–Crippen MR) is 307 cm³/mol. The van der Waals surface area contributed by atoms with Crippen molar-refractivity contribution in [3.05, 3.63) is 109 Å². The average Bonchev–Trinajstić information content (AvgIpc) is 3.39. The normalized spacial score (nSPS) is 14.2. The molecule has 422 valence electrons. The number of ether oxygens (including phenoxy) is 3.